The van der Waals surface area contributed by atoms with Crippen molar-refractivity contribution >= 4 is 6.09 Å². The van der Waals surface area contributed by atoms with Crippen molar-refractivity contribution in [2.45, 2.75) is 25.8 Å². The summed E-state index contributed by atoms with van der Waals surface area (Å²) in [6.07, 6.45) is 1.38. The highest BCUT2D eigenvalue weighted by Crippen LogP contribution is 2.11. The summed E-state index contributed by atoms with van der Waals surface area (Å²) in [5.74, 6) is 0. The Hall–Kier alpha value is -0.970. The van der Waals surface area contributed by atoms with Crippen molar-refractivity contribution < 1.29 is 9.53 Å². The second-order valence-corrected chi connectivity index (χ2v) is 3.26. The van der Waals surface area contributed by atoms with Crippen LogP contribution in [0.5, 0.6) is 0 Å². The summed E-state index contributed by atoms with van der Waals surface area (Å²) in [6.45, 7) is 4.33. The van der Waals surface area contributed by atoms with E-state index in [1.165, 1.54) is 12.8 Å². The zero-order valence-corrected chi connectivity index (χ0v) is 7.73. The van der Waals surface area contributed by atoms with Gasteiger partial charge < -0.3 is 4.74 Å². The third kappa shape index (κ3) is 3.10. The van der Waals surface area contributed by atoms with Gasteiger partial charge in [-0.05, 0) is 32.9 Å². The molecule has 0 aromatic carbocycles. The highest BCUT2D eigenvalue weighted by molar-refractivity contribution is 5.67. The fraction of sp³-hybridized carbons (Fsp3) is 0.875. The highest BCUT2D eigenvalue weighted by Gasteiger charge is 2.19. The van der Waals surface area contributed by atoms with Gasteiger partial charge in [-0.2, -0.15) is 0 Å². The molecule has 5 nitrogen and oxygen atoms in total. The largest absolute Gasteiger partial charge is 0.470 e. The fourth-order valence-corrected chi connectivity index (χ4v) is 1.51. The minimum Gasteiger partial charge on any atom is -0.444 e. The molecule has 0 spiro atoms. The smallest absolute Gasteiger partial charge is 0.444 e. The molecule has 1 aliphatic rings. The first-order chi connectivity index (χ1) is 6.24. The zero-order chi connectivity index (χ0) is 9.68. The second-order valence-electron chi connectivity index (χ2n) is 3.26. The molecule has 1 atom stereocenters. The molecule has 0 aliphatic carbocycles. The summed E-state index contributed by atoms with van der Waals surface area (Å²) in [6, 6.07) is 0.188. The van der Waals surface area contributed by atoms with Crippen molar-refractivity contribution in [2.75, 3.05) is 19.7 Å². The van der Waals surface area contributed by atoms with E-state index in [9.17, 15) is 9.70 Å². The Bertz CT molecular complexity index is 190. The van der Waals surface area contributed by atoms with E-state index in [0.29, 0.717) is 0 Å². The third-order valence-electron chi connectivity index (χ3n) is 2.29. The Labute approximate surface area is 77.0 Å². The average Bonchev–Trinajstić information content (AvgIpc) is 2.66. The van der Waals surface area contributed by atoms with E-state index < -0.39 is 6.09 Å². The van der Waals surface area contributed by atoms with Crippen LogP contribution >= 0.6 is 0 Å². The molecule has 0 bridgehead atoms. The lowest BCUT2D eigenvalue weighted by molar-refractivity contribution is 0.114. The van der Waals surface area contributed by atoms with Gasteiger partial charge in [0.15, 0.2) is 0 Å². The lowest BCUT2D eigenvalue weighted by Gasteiger charge is -2.22. The first-order valence-corrected chi connectivity index (χ1v) is 4.48. The molecule has 1 amide bonds. The van der Waals surface area contributed by atoms with Crippen LogP contribution in [0.1, 0.15) is 19.8 Å². The summed E-state index contributed by atoms with van der Waals surface area (Å²) < 4.78 is 4.61. The summed E-state index contributed by atoms with van der Waals surface area (Å²) in [4.78, 5) is 22.3. The van der Waals surface area contributed by atoms with E-state index in [1.807, 2.05) is 6.92 Å². The van der Waals surface area contributed by atoms with Gasteiger partial charge in [-0.1, -0.05) is 0 Å². The van der Waals surface area contributed by atoms with Gasteiger partial charge in [0.2, 0.25) is 0 Å². The molecule has 1 heterocycles. The summed E-state index contributed by atoms with van der Waals surface area (Å²) in [5, 5.41) is 2.16. The predicted molar refractivity (Wildman–Crippen MR) is 47.4 cm³/mol. The molecule has 0 N–H and O–H groups in total. The molecule has 5 heteroatoms. The van der Waals surface area contributed by atoms with Gasteiger partial charge in [-0.25, -0.2) is 4.79 Å². The van der Waals surface area contributed by atoms with Crippen molar-refractivity contribution in [3.63, 3.8) is 0 Å². The zero-order valence-electron chi connectivity index (χ0n) is 7.73. The summed E-state index contributed by atoms with van der Waals surface area (Å²) in [5.41, 5.74) is 0. The topological polar surface area (TPSA) is 59.0 Å². The number of carbonyl (C=O) groups excluding carboxylic acids is 1. The molecule has 13 heavy (non-hydrogen) atoms. The van der Waals surface area contributed by atoms with Gasteiger partial charge in [-0.15, -0.1) is 4.91 Å². The molecule has 1 rings (SSSR count). The fourth-order valence-electron chi connectivity index (χ4n) is 1.51. The maximum Gasteiger partial charge on any atom is 0.470 e. The molecule has 1 saturated heterocycles. The van der Waals surface area contributed by atoms with Crippen molar-refractivity contribution in [2.24, 2.45) is 5.18 Å². The van der Waals surface area contributed by atoms with Gasteiger partial charge in [0, 0.05) is 6.04 Å². The van der Waals surface area contributed by atoms with Crippen LogP contribution in [0.3, 0.4) is 0 Å². The highest BCUT2D eigenvalue weighted by atomic mass is 16.6. The Morgan fingerprint density at radius 2 is 2.15 bits per heavy atom. The molecule has 0 aromatic heterocycles. The van der Waals surface area contributed by atoms with Gasteiger partial charge in [0.05, 0.1) is 5.18 Å². The number of nitroso groups, excluding NO2 is 1. The number of hydrogen-bond donors (Lipinski definition) is 0. The van der Waals surface area contributed by atoms with E-state index in [1.54, 1.807) is 0 Å². The van der Waals surface area contributed by atoms with Crippen LogP contribution in [-0.2, 0) is 4.74 Å². The number of carbonyl (C=O) groups is 1. The third-order valence-corrected chi connectivity index (χ3v) is 2.29. The van der Waals surface area contributed by atoms with Crippen LogP contribution < -0.4 is 0 Å². The lowest BCUT2D eigenvalue weighted by atomic mass is 10.3. The molecule has 0 radical (unpaired) electrons. The second kappa shape index (κ2) is 4.91. The maximum atomic E-state index is 10.4. The molecule has 0 saturated carbocycles. The van der Waals surface area contributed by atoms with Crippen molar-refractivity contribution in [3.05, 3.63) is 4.91 Å². The maximum absolute atomic E-state index is 10.4. The number of ether oxygens (including phenoxy) is 1. The van der Waals surface area contributed by atoms with E-state index >= 15 is 0 Å². The van der Waals surface area contributed by atoms with Crippen LogP contribution in [0, 0.1) is 4.91 Å². The van der Waals surface area contributed by atoms with Crippen molar-refractivity contribution in [1.82, 2.24) is 4.90 Å². The number of hydrogen-bond acceptors (Lipinski definition) is 4. The first kappa shape index (κ1) is 10.1. The molecular formula is C8H14N2O3. The Morgan fingerprint density at radius 3 is 2.69 bits per heavy atom. The quantitative estimate of drug-likeness (QED) is 0.624. The van der Waals surface area contributed by atoms with E-state index in [0.717, 1.165) is 13.1 Å². The number of nitrogens with zero attached hydrogens (tertiary/aromatic N) is 2. The first-order valence-electron chi connectivity index (χ1n) is 4.48. The number of amides is 1. The molecule has 1 aliphatic heterocycles. The molecule has 1 fully saturated rings. The van der Waals surface area contributed by atoms with Crippen LogP contribution in [0.15, 0.2) is 5.18 Å². The lowest BCUT2D eigenvalue weighted by Crippen LogP contribution is -2.34. The SMILES string of the molecule is CC(COC(=O)N=O)N1CCCC1. The van der Waals surface area contributed by atoms with E-state index in [4.69, 9.17) is 0 Å². The monoisotopic (exact) mass is 186 g/mol. The number of rotatable bonds is 3. The van der Waals surface area contributed by atoms with Crippen molar-refractivity contribution in [1.29, 1.82) is 0 Å². The summed E-state index contributed by atoms with van der Waals surface area (Å²) in [7, 11) is 0. The Balaban J connectivity index is 2.19. The number of likely N-dealkylation sites (tertiary alicyclic amines) is 1. The van der Waals surface area contributed by atoms with Crippen LogP contribution in [0.2, 0.25) is 0 Å². The van der Waals surface area contributed by atoms with Crippen LogP contribution in [-0.4, -0.2) is 36.7 Å². The molecule has 74 valence electrons. The summed E-state index contributed by atoms with van der Waals surface area (Å²) >= 11 is 0. The van der Waals surface area contributed by atoms with Crippen LogP contribution in [0.25, 0.3) is 0 Å². The minimum absolute atomic E-state index is 0.188. The van der Waals surface area contributed by atoms with Gasteiger partial charge in [0.1, 0.15) is 6.61 Å². The average molecular weight is 186 g/mol. The standard InChI is InChI=1S/C8H14N2O3/c1-7(6-13-8(11)9-12)10-4-2-3-5-10/h7H,2-6H2,1H3. The Morgan fingerprint density at radius 1 is 1.54 bits per heavy atom. The minimum atomic E-state index is -1.02. The van der Waals surface area contributed by atoms with Gasteiger partial charge in [0.25, 0.3) is 0 Å². The molecular weight excluding hydrogens is 172 g/mol. The molecule has 0 aromatic rings. The van der Waals surface area contributed by atoms with Crippen molar-refractivity contribution in [3.8, 4) is 0 Å². The van der Waals surface area contributed by atoms with E-state index in [2.05, 4.69) is 14.8 Å². The van der Waals surface area contributed by atoms with Gasteiger partial charge >= 0.3 is 6.09 Å². The van der Waals surface area contributed by atoms with Crippen LogP contribution in [0.4, 0.5) is 4.79 Å². The molecule has 1 unspecified atom stereocenters. The van der Waals surface area contributed by atoms with E-state index in [-0.39, 0.29) is 12.6 Å². The predicted octanol–water partition coefficient (Wildman–Crippen LogP) is 1.37. The van der Waals surface area contributed by atoms with Gasteiger partial charge in [-0.3, -0.25) is 4.90 Å². The normalized spacial score (nSPS) is 19.8. The Kier molecular flexibility index (Phi) is 3.82.